The number of non-ortho nitro benzene ring substituents is 1. The monoisotopic (exact) mass is 364 g/mol. The van der Waals surface area contributed by atoms with Crippen molar-refractivity contribution in [3.63, 3.8) is 0 Å². The van der Waals surface area contributed by atoms with E-state index in [0.29, 0.717) is 11.5 Å². The van der Waals surface area contributed by atoms with E-state index in [1.165, 1.54) is 30.2 Å². The average Bonchev–Trinajstić information content (AvgIpc) is 2.61. The van der Waals surface area contributed by atoms with Gasteiger partial charge in [0.2, 0.25) is 0 Å². The third-order valence-corrected chi connectivity index (χ3v) is 3.97. The molecule has 0 fully saturated rings. The highest BCUT2D eigenvalue weighted by Gasteiger charge is 2.20. The minimum Gasteiger partial charge on any atom is -0.497 e. The number of methoxy groups -OCH3 is 2. The van der Waals surface area contributed by atoms with E-state index >= 15 is 0 Å². The molecule has 0 spiro atoms. The van der Waals surface area contributed by atoms with Gasteiger partial charge in [-0.05, 0) is 18.2 Å². The van der Waals surface area contributed by atoms with Crippen LogP contribution in [-0.4, -0.2) is 37.0 Å². The average molecular weight is 365 g/mol. The van der Waals surface area contributed by atoms with Gasteiger partial charge in [0, 0.05) is 37.4 Å². The molecular weight excluding hydrogens is 348 g/mol. The van der Waals surface area contributed by atoms with Crippen LogP contribution in [0.4, 0.5) is 5.69 Å². The summed E-state index contributed by atoms with van der Waals surface area (Å²) < 4.78 is 10.5. The van der Waals surface area contributed by atoms with Crippen LogP contribution >= 0.6 is 11.6 Å². The fraction of sp³-hybridized carbons (Fsp3) is 0.235. The molecule has 0 bridgehead atoms. The van der Waals surface area contributed by atoms with Crippen LogP contribution in [0.1, 0.15) is 15.9 Å². The fourth-order valence-corrected chi connectivity index (χ4v) is 2.50. The van der Waals surface area contributed by atoms with Gasteiger partial charge in [-0.25, -0.2) is 0 Å². The summed E-state index contributed by atoms with van der Waals surface area (Å²) in [6.07, 6.45) is 0. The molecule has 132 valence electrons. The predicted molar refractivity (Wildman–Crippen MR) is 93.4 cm³/mol. The summed E-state index contributed by atoms with van der Waals surface area (Å²) in [5.74, 6) is 0.784. The van der Waals surface area contributed by atoms with Crippen molar-refractivity contribution >= 4 is 23.2 Å². The van der Waals surface area contributed by atoms with Crippen LogP contribution in [-0.2, 0) is 6.54 Å². The summed E-state index contributed by atoms with van der Waals surface area (Å²) in [4.78, 5) is 24.4. The smallest absolute Gasteiger partial charge is 0.270 e. The molecule has 0 aliphatic heterocycles. The van der Waals surface area contributed by atoms with E-state index in [1.807, 2.05) is 0 Å². The van der Waals surface area contributed by atoms with E-state index in [-0.39, 0.29) is 22.8 Å². The molecule has 0 radical (unpaired) electrons. The van der Waals surface area contributed by atoms with Crippen LogP contribution in [0.25, 0.3) is 0 Å². The number of ether oxygens (including phenoxy) is 2. The second-order valence-electron chi connectivity index (χ2n) is 5.26. The number of carbonyl (C=O) groups excluding carboxylic acids is 1. The second kappa shape index (κ2) is 7.85. The number of hydrogen-bond donors (Lipinski definition) is 0. The molecular formula is C17H17ClN2O5. The van der Waals surface area contributed by atoms with Gasteiger partial charge in [-0.3, -0.25) is 14.9 Å². The minimum atomic E-state index is -0.570. The molecule has 0 atom stereocenters. The Balaban J connectivity index is 2.27. The zero-order chi connectivity index (χ0) is 18.6. The van der Waals surface area contributed by atoms with Crippen LogP contribution in [0.5, 0.6) is 11.5 Å². The number of carbonyl (C=O) groups is 1. The first-order chi connectivity index (χ1) is 11.9. The topological polar surface area (TPSA) is 81.9 Å². The summed E-state index contributed by atoms with van der Waals surface area (Å²) in [5.41, 5.74) is 0.648. The molecule has 0 unspecified atom stereocenters. The van der Waals surface area contributed by atoms with E-state index in [9.17, 15) is 14.9 Å². The van der Waals surface area contributed by atoms with Crippen LogP contribution in [0.3, 0.4) is 0 Å². The van der Waals surface area contributed by atoms with Crippen molar-refractivity contribution in [1.29, 1.82) is 0 Å². The first kappa shape index (κ1) is 18.5. The van der Waals surface area contributed by atoms with Gasteiger partial charge in [0.25, 0.3) is 11.6 Å². The summed E-state index contributed by atoms with van der Waals surface area (Å²) in [7, 11) is 4.66. The Hall–Kier alpha value is -2.80. The van der Waals surface area contributed by atoms with Crippen LogP contribution < -0.4 is 9.47 Å². The zero-order valence-electron chi connectivity index (χ0n) is 14.0. The third kappa shape index (κ3) is 4.19. The molecule has 0 aromatic heterocycles. The van der Waals surface area contributed by atoms with Gasteiger partial charge in [0.1, 0.15) is 11.5 Å². The molecule has 8 heteroatoms. The predicted octanol–water partition coefficient (Wildman–Crippen LogP) is 3.54. The highest BCUT2D eigenvalue weighted by molar-refractivity contribution is 6.33. The summed E-state index contributed by atoms with van der Waals surface area (Å²) in [6.45, 7) is 0.241. The summed E-state index contributed by atoms with van der Waals surface area (Å²) in [6, 6.07) is 9.04. The Morgan fingerprint density at radius 1 is 1.20 bits per heavy atom. The van der Waals surface area contributed by atoms with Crippen LogP contribution in [0.15, 0.2) is 36.4 Å². The lowest BCUT2D eigenvalue weighted by molar-refractivity contribution is -0.384. The van der Waals surface area contributed by atoms with Gasteiger partial charge >= 0.3 is 0 Å². The maximum absolute atomic E-state index is 12.6. The number of halogens is 1. The molecule has 0 heterocycles. The van der Waals surface area contributed by atoms with Gasteiger partial charge in [0.05, 0.1) is 29.7 Å². The first-order valence-electron chi connectivity index (χ1n) is 7.27. The van der Waals surface area contributed by atoms with Crippen LogP contribution in [0, 0.1) is 10.1 Å². The Bertz CT molecular complexity index is 810. The summed E-state index contributed by atoms with van der Waals surface area (Å²) in [5, 5.41) is 11.1. The van der Waals surface area contributed by atoms with Gasteiger partial charge < -0.3 is 14.4 Å². The van der Waals surface area contributed by atoms with E-state index in [0.717, 1.165) is 5.56 Å². The molecule has 25 heavy (non-hydrogen) atoms. The first-order valence-corrected chi connectivity index (χ1v) is 7.65. The Labute approximate surface area is 149 Å². The van der Waals surface area contributed by atoms with Gasteiger partial charge in [-0.1, -0.05) is 11.6 Å². The highest BCUT2D eigenvalue weighted by atomic mass is 35.5. The second-order valence-corrected chi connectivity index (χ2v) is 5.67. The van der Waals surface area contributed by atoms with Gasteiger partial charge in [-0.15, -0.1) is 0 Å². The molecule has 2 rings (SSSR count). The van der Waals surface area contributed by atoms with Crippen molar-refractivity contribution in [3.05, 3.63) is 62.7 Å². The van der Waals surface area contributed by atoms with E-state index in [4.69, 9.17) is 21.1 Å². The Morgan fingerprint density at radius 3 is 2.52 bits per heavy atom. The molecule has 2 aromatic carbocycles. The van der Waals surface area contributed by atoms with E-state index < -0.39 is 10.8 Å². The van der Waals surface area contributed by atoms with Crippen molar-refractivity contribution in [1.82, 2.24) is 4.90 Å². The normalized spacial score (nSPS) is 10.2. The lowest BCUT2D eigenvalue weighted by atomic mass is 10.1. The van der Waals surface area contributed by atoms with E-state index in [1.54, 1.807) is 32.4 Å². The van der Waals surface area contributed by atoms with E-state index in [2.05, 4.69) is 0 Å². The lowest BCUT2D eigenvalue weighted by Gasteiger charge is -2.20. The van der Waals surface area contributed by atoms with Crippen molar-refractivity contribution in [2.24, 2.45) is 0 Å². The number of nitro benzene ring substituents is 1. The number of nitrogens with zero attached hydrogens (tertiary/aromatic N) is 2. The van der Waals surface area contributed by atoms with Gasteiger partial charge in [-0.2, -0.15) is 0 Å². The minimum absolute atomic E-state index is 0.0749. The molecule has 0 N–H and O–H groups in total. The third-order valence-electron chi connectivity index (χ3n) is 3.64. The Morgan fingerprint density at radius 2 is 1.92 bits per heavy atom. The SMILES string of the molecule is COc1ccc(CN(C)C(=O)c2cc([N+](=O)[O-])ccc2Cl)c(OC)c1. The molecule has 1 amide bonds. The quantitative estimate of drug-likeness (QED) is 0.578. The number of rotatable bonds is 6. The molecule has 0 saturated carbocycles. The van der Waals surface area contributed by atoms with Crippen molar-refractivity contribution in [2.75, 3.05) is 21.3 Å². The molecule has 0 aliphatic rings. The molecule has 0 saturated heterocycles. The lowest BCUT2D eigenvalue weighted by Crippen LogP contribution is -2.26. The standard InChI is InChI=1S/C17H17ClN2O5/c1-19(10-11-4-6-13(24-2)9-16(11)25-3)17(21)14-8-12(20(22)23)5-7-15(14)18/h4-9H,10H2,1-3H3. The number of hydrogen-bond acceptors (Lipinski definition) is 5. The largest absolute Gasteiger partial charge is 0.497 e. The molecule has 7 nitrogen and oxygen atoms in total. The zero-order valence-corrected chi connectivity index (χ0v) is 14.7. The molecule has 2 aromatic rings. The van der Waals surface area contributed by atoms with Crippen molar-refractivity contribution in [3.8, 4) is 11.5 Å². The summed E-state index contributed by atoms with van der Waals surface area (Å²) >= 11 is 6.03. The van der Waals surface area contributed by atoms with Crippen molar-refractivity contribution < 1.29 is 19.2 Å². The van der Waals surface area contributed by atoms with Crippen LogP contribution in [0.2, 0.25) is 5.02 Å². The van der Waals surface area contributed by atoms with Gasteiger partial charge in [0.15, 0.2) is 0 Å². The number of benzene rings is 2. The highest BCUT2D eigenvalue weighted by Crippen LogP contribution is 2.27. The maximum atomic E-state index is 12.6. The van der Waals surface area contributed by atoms with Crippen molar-refractivity contribution in [2.45, 2.75) is 6.54 Å². The number of amides is 1. The molecule has 0 aliphatic carbocycles. The fourth-order valence-electron chi connectivity index (χ4n) is 2.31. The maximum Gasteiger partial charge on any atom is 0.270 e. The Kier molecular flexibility index (Phi) is 5.82. The number of nitro groups is 1.